The van der Waals surface area contributed by atoms with Crippen molar-refractivity contribution >= 4 is 15.7 Å². The van der Waals surface area contributed by atoms with Crippen LogP contribution in [0.3, 0.4) is 0 Å². The molecule has 4 rings (SSSR count). The molecule has 32 heavy (non-hydrogen) atoms. The van der Waals surface area contributed by atoms with Crippen LogP contribution in [0, 0.1) is 20.8 Å². The van der Waals surface area contributed by atoms with Crippen LogP contribution in [-0.2, 0) is 10.0 Å². The zero-order valence-corrected chi connectivity index (χ0v) is 19.0. The average molecular weight is 450 g/mol. The number of aryl methyl sites for hydroxylation is 2. The van der Waals surface area contributed by atoms with Gasteiger partial charge in [0.25, 0.3) is 10.0 Å². The van der Waals surface area contributed by atoms with Crippen molar-refractivity contribution < 1.29 is 13.2 Å². The molecule has 9 heteroatoms. The molecule has 0 aliphatic rings. The molecule has 0 aliphatic heterocycles. The maximum atomic E-state index is 13.3. The fraction of sp³-hybridized carbons (Fsp3) is 0.174. The smallest absolute Gasteiger partial charge is 0.265 e. The summed E-state index contributed by atoms with van der Waals surface area (Å²) in [5.41, 5.74) is 3.72. The van der Waals surface area contributed by atoms with E-state index in [1.807, 2.05) is 49.4 Å². The quantitative estimate of drug-likeness (QED) is 0.477. The minimum Gasteiger partial charge on any atom is -0.495 e. The van der Waals surface area contributed by atoms with Crippen molar-refractivity contribution in [2.75, 3.05) is 11.8 Å². The van der Waals surface area contributed by atoms with Gasteiger partial charge in [0.15, 0.2) is 5.82 Å². The molecule has 0 spiro atoms. The first-order valence-electron chi connectivity index (χ1n) is 9.93. The maximum Gasteiger partial charge on any atom is 0.265 e. The predicted octanol–water partition coefficient (Wildman–Crippen LogP) is 4.06. The van der Waals surface area contributed by atoms with E-state index in [0.717, 1.165) is 16.8 Å². The first-order valence-corrected chi connectivity index (χ1v) is 11.4. The van der Waals surface area contributed by atoms with E-state index >= 15 is 0 Å². The normalized spacial score (nSPS) is 11.4. The molecule has 0 unspecified atom stereocenters. The standard InChI is InChI=1S/C23H23N5O3S/c1-15-10-12-21(31-4)20(14-15)27-32(29,30)23-16(2)26-28(17(23)3)22-13-11-19(24-25-22)18-8-6-5-7-9-18/h5-14,27H,1-4H3. The largest absolute Gasteiger partial charge is 0.495 e. The molecule has 2 aromatic heterocycles. The van der Waals surface area contributed by atoms with Gasteiger partial charge in [-0.1, -0.05) is 36.4 Å². The second kappa shape index (κ2) is 8.43. The molecule has 0 amide bonds. The van der Waals surface area contributed by atoms with Gasteiger partial charge in [0.2, 0.25) is 0 Å². The summed E-state index contributed by atoms with van der Waals surface area (Å²) in [6.45, 7) is 5.22. The molecule has 0 fully saturated rings. The van der Waals surface area contributed by atoms with Crippen LogP contribution in [0.15, 0.2) is 65.6 Å². The fourth-order valence-corrected chi connectivity index (χ4v) is 5.00. The predicted molar refractivity (Wildman–Crippen MR) is 123 cm³/mol. The van der Waals surface area contributed by atoms with Crippen LogP contribution in [0.1, 0.15) is 17.0 Å². The van der Waals surface area contributed by atoms with Gasteiger partial charge in [0, 0.05) is 5.56 Å². The Kier molecular flexibility index (Phi) is 5.67. The lowest BCUT2D eigenvalue weighted by molar-refractivity contribution is 0.417. The summed E-state index contributed by atoms with van der Waals surface area (Å²) in [6.07, 6.45) is 0. The highest BCUT2D eigenvalue weighted by atomic mass is 32.2. The summed E-state index contributed by atoms with van der Waals surface area (Å²) >= 11 is 0. The fourth-order valence-electron chi connectivity index (χ4n) is 3.54. The third-order valence-corrected chi connectivity index (χ3v) is 6.65. The van der Waals surface area contributed by atoms with E-state index in [9.17, 15) is 8.42 Å². The number of rotatable bonds is 6. The van der Waals surface area contributed by atoms with Gasteiger partial charge in [-0.25, -0.2) is 13.1 Å². The van der Waals surface area contributed by atoms with Crippen LogP contribution in [-0.4, -0.2) is 35.5 Å². The van der Waals surface area contributed by atoms with Gasteiger partial charge in [-0.2, -0.15) is 5.10 Å². The molecule has 164 valence electrons. The third-order valence-electron chi connectivity index (χ3n) is 5.03. The summed E-state index contributed by atoms with van der Waals surface area (Å²) in [7, 11) is -2.43. The summed E-state index contributed by atoms with van der Waals surface area (Å²) in [4.78, 5) is 0.0926. The SMILES string of the molecule is COc1ccc(C)cc1NS(=O)(=O)c1c(C)nn(-c2ccc(-c3ccccc3)nn2)c1C. The summed E-state index contributed by atoms with van der Waals surface area (Å²) < 4.78 is 35.9. The molecule has 0 radical (unpaired) electrons. The number of benzene rings is 2. The Labute approximate surface area is 187 Å². The monoisotopic (exact) mass is 449 g/mol. The molecule has 2 aromatic carbocycles. The van der Waals surface area contributed by atoms with Crippen molar-refractivity contribution in [3.05, 3.63) is 77.6 Å². The number of hydrogen-bond acceptors (Lipinski definition) is 6. The van der Waals surface area contributed by atoms with E-state index in [1.165, 1.54) is 11.8 Å². The highest BCUT2D eigenvalue weighted by Crippen LogP contribution is 2.30. The van der Waals surface area contributed by atoms with Crippen molar-refractivity contribution in [1.29, 1.82) is 0 Å². The van der Waals surface area contributed by atoms with Gasteiger partial charge < -0.3 is 4.74 Å². The first kappa shape index (κ1) is 21.5. The van der Waals surface area contributed by atoms with E-state index in [0.29, 0.717) is 28.6 Å². The Morgan fingerprint density at radius 2 is 1.69 bits per heavy atom. The van der Waals surface area contributed by atoms with Crippen LogP contribution in [0.25, 0.3) is 17.1 Å². The Balaban J connectivity index is 1.69. The zero-order chi connectivity index (χ0) is 22.9. The van der Waals surface area contributed by atoms with Gasteiger partial charge >= 0.3 is 0 Å². The minimum absolute atomic E-state index is 0.0926. The molecule has 0 saturated heterocycles. The van der Waals surface area contributed by atoms with Gasteiger partial charge in [0.1, 0.15) is 10.6 Å². The lowest BCUT2D eigenvalue weighted by atomic mass is 10.1. The number of nitrogens with zero attached hydrogens (tertiary/aromatic N) is 4. The lowest BCUT2D eigenvalue weighted by Crippen LogP contribution is -2.16. The Hall–Kier alpha value is -3.72. The molecular formula is C23H23N5O3S. The molecule has 2 heterocycles. The van der Waals surface area contributed by atoms with Crippen LogP contribution in [0.5, 0.6) is 5.75 Å². The number of ether oxygens (including phenoxy) is 1. The molecule has 8 nitrogen and oxygen atoms in total. The molecular weight excluding hydrogens is 426 g/mol. The number of hydrogen-bond donors (Lipinski definition) is 1. The van der Waals surface area contributed by atoms with E-state index in [-0.39, 0.29) is 4.90 Å². The average Bonchev–Trinajstić information content (AvgIpc) is 3.09. The van der Waals surface area contributed by atoms with E-state index in [2.05, 4.69) is 20.0 Å². The van der Waals surface area contributed by atoms with Crippen LogP contribution >= 0.6 is 0 Å². The number of nitrogens with one attached hydrogen (secondary N) is 1. The van der Waals surface area contributed by atoms with E-state index in [4.69, 9.17) is 4.74 Å². The Morgan fingerprint density at radius 3 is 2.34 bits per heavy atom. The second-order valence-corrected chi connectivity index (χ2v) is 8.98. The van der Waals surface area contributed by atoms with E-state index < -0.39 is 10.0 Å². The van der Waals surface area contributed by atoms with Crippen molar-refractivity contribution in [3.8, 4) is 22.8 Å². The summed E-state index contributed by atoms with van der Waals surface area (Å²) in [5.74, 6) is 0.865. The number of aromatic nitrogens is 4. The lowest BCUT2D eigenvalue weighted by Gasteiger charge is -2.13. The van der Waals surface area contributed by atoms with Crippen molar-refractivity contribution in [1.82, 2.24) is 20.0 Å². The van der Waals surface area contributed by atoms with Crippen molar-refractivity contribution in [3.63, 3.8) is 0 Å². The number of methoxy groups -OCH3 is 1. The minimum atomic E-state index is -3.92. The van der Waals surface area contributed by atoms with Crippen LogP contribution in [0.4, 0.5) is 5.69 Å². The highest BCUT2D eigenvalue weighted by Gasteiger charge is 2.26. The molecule has 0 saturated carbocycles. The van der Waals surface area contributed by atoms with Crippen molar-refractivity contribution in [2.45, 2.75) is 25.7 Å². The summed E-state index contributed by atoms with van der Waals surface area (Å²) in [6, 6.07) is 18.6. The van der Waals surface area contributed by atoms with Crippen LogP contribution in [0.2, 0.25) is 0 Å². The molecule has 0 atom stereocenters. The zero-order valence-electron chi connectivity index (χ0n) is 18.2. The van der Waals surface area contributed by atoms with Gasteiger partial charge in [-0.15, -0.1) is 10.2 Å². The molecule has 1 N–H and O–H groups in total. The van der Waals surface area contributed by atoms with Gasteiger partial charge in [-0.05, 0) is 50.6 Å². The van der Waals surface area contributed by atoms with Crippen molar-refractivity contribution in [2.24, 2.45) is 0 Å². The maximum absolute atomic E-state index is 13.3. The summed E-state index contributed by atoms with van der Waals surface area (Å²) in [5, 5.41) is 13.0. The second-order valence-electron chi connectivity index (χ2n) is 7.36. The Morgan fingerprint density at radius 1 is 0.938 bits per heavy atom. The molecule has 4 aromatic rings. The first-order chi connectivity index (χ1) is 15.3. The third kappa shape index (κ3) is 4.06. The molecule has 0 aliphatic carbocycles. The highest BCUT2D eigenvalue weighted by molar-refractivity contribution is 7.92. The van der Waals surface area contributed by atoms with E-state index in [1.54, 1.807) is 32.0 Å². The van der Waals surface area contributed by atoms with Gasteiger partial charge in [-0.3, -0.25) is 4.72 Å². The number of anilines is 1. The van der Waals surface area contributed by atoms with Gasteiger partial charge in [0.05, 0.1) is 29.9 Å². The van der Waals surface area contributed by atoms with Crippen LogP contribution < -0.4 is 9.46 Å². The topological polar surface area (TPSA) is 99.0 Å². The molecule has 0 bridgehead atoms. The number of sulfonamides is 1. The Bertz CT molecular complexity index is 1370.